The summed E-state index contributed by atoms with van der Waals surface area (Å²) in [5.74, 6) is 0.923. The SMILES string of the molecule is COc1cc(OC)cc(C(=O)Nc2ccc(NCCc3ccccc3)cc2)c1. The Kier molecular flexibility index (Phi) is 6.52. The molecule has 144 valence electrons. The number of hydrogen-bond acceptors (Lipinski definition) is 4. The van der Waals surface area contributed by atoms with E-state index in [9.17, 15) is 4.79 Å². The van der Waals surface area contributed by atoms with Crippen LogP contribution in [0, 0.1) is 0 Å². The third-order valence-corrected chi connectivity index (χ3v) is 4.34. The van der Waals surface area contributed by atoms with Crippen molar-refractivity contribution in [3.8, 4) is 11.5 Å². The molecule has 0 radical (unpaired) electrons. The number of rotatable bonds is 8. The predicted octanol–water partition coefficient (Wildman–Crippen LogP) is 4.61. The molecule has 0 fully saturated rings. The van der Waals surface area contributed by atoms with Crippen LogP contribution in [0.4, 0.5) is 11.4 Å². The first-order valence-electron chi connectivity index (χ1n) is 9.10. The molecule has 0 saturated heterocycles. The average molecular weight is 376 g/mol. The van der Waals surface area contributed by atoms with E-state index in [4.69, 9.17) is 9.47 Å². The van der Waals surface area contributed by atoms with Gasteiger partial charge < -0.3 is 20.1 Å². The van der Waals surface area contributed by atoms with Gasteiger partial charge in [-0.15, -0.1) is 0 Å². The lowest BCUT2D eigenvalue weighted by molar-refractivity contribution is 0.102. The Hall–Kier alpha value is -3.47. The molecular formula is C23H24N2O3. The summed E-state index contributed by atoms with van der Waals surface area (Å²) in [4.78, 5) is 12.5. The fourth-order valence-corrected chi connectivity index (χ4v) is 2.81. The monoisotopic (exact) mass is 376 g/mol. The lowest BCUT2D eigenvalue weighted by Crippen LogP contribution is -2.12. The molecule has 3 aromatic rings. The zero-order valence-electron chi connectivity index (χ0n) is 16.1. The van der Waals surface area contributed by atoms with E-state index >= 15 is 0 Å². The second-order valence-electron chi connectivity index (χ2n) is 6.30. The molecule has 0 aliphatic carbocycles. The van der Waals surface area contributed by atoms with Crippen LogP contribution < -0.4 is 20.1 Å². The van der Waals surface area contributed by atoms with E-state index in [1.807, 2.05) is 42.5 Å². The second-order valence-corrected chi connectivity index (χ2v) is 6.30. The maximum atomic E-state index is 12.5. The summed E-state index contributed by atoms with van der Waals surface area (Å²) < 4.78 is 10.4. The lowest BCUT2D eigenvalue weighted by Gasteiger charge is -2.10. The van der Waals surface area contributed by atoms with E-state index in [-0.39, 0.29) is 5.91 Å². The minimum atomic E-state index is -0.220. The van der Waals surface area contributed by atoms with Crippen molar-refractivity contribution in [1.82, 2.24) is 0 Å². The maximum absolute atomic E-state index is 12.5. The molecule has 0 aromatic heterocycles. The van der Waals surface area contributed by atoms with Crippen LogP contribution in [0.5, 0.6) is 11.5 Å². The summed E-state index contributed by atoms with van der Waals surface area (Å²) in [7, 11) is 3.11. The van der Waals surface area contributed by atoms with Gasteiger partial charge in [0.25, 0.3) is 5.91 Å². The van der Waals surface area contributed by atoms with Gasteiger partial charge in [0, 0.05) is 29.5 Å². The van der Waals surface area contributed by atoms with E-state index in [1.165, 1.54) is 5.56 Å². The molecule has 2 N–H and O–H groups in total. The summed E-state index contributed by atoms with van der Waals surface area (Å²) in [5, 5.41) is 6.28. The highest BCUT2D eigenvalue weighted by molar-refractivity contribution is 6.04. The molecule has 0 aliphatic rings. The highest BCUT2D eigenvalue weighted by Gasteiger charge is 2.10. The predicted molar refractivity (Wildman–Crippen MR) is 113 cm³/mol. The summed E-state index contributed by atoms with van der Waals surface area (Å²) in [5.41, 5.74) is 3.51. The quantitative estimate of drug-likeness (QED) is 0.603. The molecule has 0 heterocycles. The third kappa shape index (κ3) is 5.27. The fraction of sp³-hybridized carbons (Fsp3) is 0.174. The van der Waals surface area contributed by atoms with Crippen LogP contribution in [0.25, 0.3) is 0 Å². The van der Waals surface area contributed by atoms with Crippen molar-refractivity contribution in [2.75, 3.05) is 31.4 Å². The number of amides is 1. The average Bonchev–Trinajstić information content (AvgIpc) is 2.75. The molecule has 5 heteroatoms. The van der Waals surface area contributed by atoms with Gasteiger partial charge in [0.1, 0.15) is 11.5 Å². The van der Waals surface area contributed by atoms with E-state index in [2.05, 4.69) is 22.8 Å². The second kappa shape index (κ2) is 9.46. The Morgan fingerprint density at radius 1 is 0.821 bits per heavy atom. The molecule has 0 saturated carbocycles. The Morgan fingerprint density at radius 3 is 2.04 bits per heavy atom. The van der Waals surface area contributed by atoms with Crippen LogP contribution in [-0.4, -0.2) is 26.7 Å². The van der Waals surface area contributed by atoms with Crippen LogP contribution >= 0.6 is 0 Å². The van der Waals surface area contributed by atoms with Crippen LogP contribution in [0.2, 0.25) is 0 Å². The zero-order valence-corrected chi connectivity index (χ0v) is 16.1. The van der Waals surface area contributed by atoms with Crippen molar-refractivity contribution < 1.29 is 14.3 Å². The Labute approximate surface area is 165 Å². The van der Waals surface area contributed by atoms with Crippen molar-refractivity contribution >= 4 is 17.3 Å². The molecule has 0 unspecified atom stereocenters. The van der Waals surface area contributed by atoms with Gasteiger partial charge in [0.05, 0.1) is 14.2 Å². The minimum absolute atomic E-state index is 0.220. The van der Waals surface area contributed by atoms with Crippen LogP contribution in [-0.2, 0) is 6.42 Å². The first-order chi connectivity index (χ1) is 13.7. The summed E-state index contributed by atoms with van der Waals surface area (Å²) in [6.45, 7) is 0.847. The van der Waals surface area contributed by atoms with Gasteiger partial charge in [-0.25, -0.2) is 0 Å². The van der Waals surface area contributed by atoms with E-state index in [0.717, 1.165) is 24.3 Å². The first kappa shape index (κ1) is 19.3. The summed E-state index contributed by atoms with van der Waals surface area (Å²) in [6.07, 6.45) is 0.955. The largest absolute Gasteiger partial charge is 0.497 e. The Balaban J connectivity index is 1.57. The van der Waals surface area contributed by atoms with Gasteiger partial charge >= 0.3 is 0 Å². The molecule has 0 aliphatic heterocycles. The first-order valence-corrected chi connectivity index (χ1v) is 9.10. The van der Waals surface area contributed by atoms with E-state index in [1.54, 1.807) is 32.4 Å². The standard InChI is InChI=1S/C23H24N2O3/c1-27-21-14-18(15-22(16-21)28-2)23(26)25-20-10-8-19(9-11-20)24-13-12-17-6-4-3-5-7-17/h3-11,14-16,24H,12-13H2,1-2H3,(H,25,26). The Morgan fingerprint density at radius 2 is 1.43 bits per heavy atom. The van der Waals surface area contributed by atoms with Gasteiger partial charge in [-0.1, -0.05) is 30.3 Å². The highest BCUT2D eigenvalue weighted by atomic mass is 16.5. The minimum Gasteiger partial charge on any atom is -0.497 e. The number of anilines is 2. The molecule has 3 rings (SSSR count). The van der Waals surface area contributed by atoms with E-state index in [0.29, 0.717) is 17.1 Å². The number of nitrogens with one attached hydrogen (secondary N) is 2. The van der Waals surface area contributed by atoms with Crippen molar-refractivity contribution in [2.45, 2.75) is 6.42 Å². The van der Waals surface area contributed by atoms with Crippen LogP contribution in [0.3, 0.4) is 0 Å². The number of benzene rings is 3. The molecule has 3 aromatic carbocycles. The number of carbonyl (C=O) groups excluding carboxylic acids is 1. The molecule has 1 amide bonds. The van der Waals surface area contributed by atoms with Crippen molar-refractivity contribution in [3.63, 3.8) is 0 Å². The third-order valence-electron chi connectivity index (χ3n) is 4.34. The molecule has 0 bridgehead atoms. The molecule has 0 spiro atoms. The van der Waals surface area contributed by atoms with Gasteiger partial charge in [-0.05, 0) is 48.4 Å². The number of methoxy groups -OCH3 is 2. The highest BCUT2D eigenvalue weighted by Crippen LogP contribution is 2.23. The Bertz CT molecular complexity index is 887. The number of carbonyl (C=O) groups is 1. The van der Waals surface area contributed by atoms with E-state index < -0.39 is 0 Å². The topological polar surface area (TPSA) is 59.6 Å². The van der Waals surface area contributed by atoms with Gasteiger partial charge in [0.2, 0.25) is 0 Å². The lowest BCUT2D eigenvalue weighted by atomic mass is 10.1. The maximum Gasteiger partial charge on any atom is 0.255 e. The smallest absolute Gasteiger partial charge is 0.255 e. The van der Waals surface area contributed by atoms with Gasteiger partial charge in [-0.2, -0.15) is 0 Å². The number of ether oxygens (including phenoxy) is 2. The van der Waals surface area contributed by atoms with Gasteiger partial charge in [-0.3, -0.25) is 4.79 Å². The van der Waals surface area contributed by atoms with Crippen molar-refractivity contribution in [2.24, 2.45) is 0 Å². The van der Waals surface area contributed by atoms with Crippen LogP contribution in [0.15, 0.2) is 72.8 Å². The molecular weight excluding hydrogens is 352 g/mol. The number of hydrogen-bond donors (Lipinski definition) is 2. The fourth-order valence-electron chi connectivity index (χ4n) is 2.81. The summed E-state index contributed by atoms with van der Waals surface area (Å²) in [6, 6.07) is 23.1. The normalized spacial score (nSPS) is 10.2. The molecule has 0 atom stereocenters. The molecule has 28 heavy (non-hydrogen) atoms. The van der Waals surface area contributed by atoms with Gasteiger partial charge in [0.15, 0.2) is 0 Å². The van der Waals surface area contributed by atoms with Crippen LogP contribution in [0.1, 0.15) is 15.9 Å². The summed E-state index contributed by atoms with van der Waals surface area (Å²) >= 11 is 0. The van der Waals surface area contributed by atoms with Crippen molar-refractivity contribution in [1.29, 1.82) is 0 Å². The molecule has 5 nitrogen and oxygen atoms in total. The zero-order chi connectivity index (χ0) is 19.8. The van der Waals surface area contributed by atoms with Crippen molar-refractivity contribution in [3.05, 3.63) is 83.9 Å².